The molecule has 0 bridgehead atoms. The van der Waals surface area contributed by atoms with Gasteiger partial charge in [0.2, 0.25) is 0 Å². The third-order valence-electron chi connectivity index (χ3n) is 5.94. The molecule has 2 fully saturated rings. The van der Waals surface area contributed by atoms with Crippen LogP contribution in [0.4, 0.5) is 0 Å². The number of hydrogen-bond donors (Lipinski definition) is 1. The van der Waals surface area contributed by atoms with Gasteiger partial charge in [-0.2, -0.15) is 0 Å². The highest BCUT2D eigenvalue weighted by molar-refractivity contribution is 5.80. The van der Waals surface area contributed by atoms with E-state index < -0.39 is 0 Å². The summed E-state index contributed by atoms with van der Waals surface area (Å²) >= 11 is 0. The van der Waals surface area contributed by atoms with Crippen molar-refractivity contribution in [2.45, 2.75) is 88.9 Å². The zero-order valence-electron chi connectivity index (χ0n) is 14.2. The van der Waals surface area contributed by atoms with E-state index in [4.69, 9.17) is 0 Å². The number of carbonyl (C=O) groups is 1. The molecule has 0 radical (unpaired) electrons. The molecule has 0 heterocycles. The molecule has 2 heteroatoms. The summed E-state index contributed by atoms with van der Waals surface area (Å²) in [6.07, 6.45) is 16.0. The van der Waals surface area contributed by atoms with Crippen molar-refractivity contribution >= 4 is 6.29 Å². The fourth-order valence-corrected chi connectivity index (χ4v) is 4.54. The van der Waals surface area contributed by atoms with Crippen LogP contribution in [-0.2, 0) is 0 Å². The quantitative estimate of drug-likeness (QED) is 0.686. The van der Waals surface area contributed by atoms with E-state index in [1.54, 1.807) is 0 Å². The predicted octanol–water partition coefficient (Wildman–Crippen LogP) is 6.08. The maximum atomic E-state index is 11.5. The molecule has 0 aliphatic heterocycles. The van der Waals surface area contributed by atoms with Crippen LogP contribution in [0.5, 0.6) is 5.75 Å². The Kier molecular flexibility index (Phi) is 5.75. The first-order valence-electron chi connectivity index (χ1n) is 9.61. The molecule has 3 rings (SSSR count). The van der Waals surface area contributed by atoms with Crippen LogP contribution < -0.4 is 0 Å². The van der Waals surface area contributed by atoms with Gasteiger partial charge in [-0.15, -0.1) is 0 Å². The Morgan fingerprint density at radius 2 is 1.30 bits per heavy atom. The minimum atomic E-state index is 0.255. The van der Waals surface area contributed by atoms with Gasteiger partial charge in [-0.3, -0.25) is 4.79 Å². The molecule has 2 aliphatic rings. The molecule has 2 saturated carbocycles. The van der Waals surface area contributed by atoms with E-state index in [2.05, 4.69) is 6.07 Å². The topological polar surface area (TPSA) is 37.3 Å². The van der Waals surface area contributed by atoms with Crippen molar-refractivity contribution in [3.63, 3.8) is 0 Å². The number of aldehydes is 1. The fraction of sp³-hybridized carbons (Fsp3) is 0.667. The summed E-state index contributed by atoms with van der Waals surface area (Å²) < 4.78 is 0. The Morgan fingerprint density at radius 3 is 1.91 bits per heavy atom. The van der Waals surface area contributed by atoms with E-state index in [-0.39, 0.29) is 5.75 Å². The van der Waals surface area contributed by atoms with Crippen LogP contribution >= 0.6 is 0 Å². The van der Waals surface area contributed by atoms with E-state index >= 15 is 0 Å². The van der Waals surface area contributed by atoms with Gasteiger partial charge in [0.15, 0.2) is 6.29 Å². The summed E-state index contributed by atoms with van der Waals surface area (Å²) in [6, 6.07) is 4.19. The van der Waals surface area contributed by atoms with Crippen LogP contribution in [0.25, 0.3) is 0 Å². The van der Waals surface area contributed by atoms with Crippen molar-refractivity contribution in [1.82, 2.24) is 0 Å². The lowest BCUT2D eigenvalue weighted by atomic mass is 9.79. The van der Waals surface area contributed by atoms with E-state index in [9.17, 15) is 9.90 Å². The largest absolute Gasteiger partial charge is 0.507 e. The maximum absolute atomic E-state index is 11.5. The number of benzene rings is 1. The van der Waals surface area contributed by atoms with E-state index in [0.29, 0.717) is 17.4 Å². The molecule has 1 N–H and O–H groups in total. The van der Waals surface area contributed by atoms with Gasteiger partial charge in [-0.25, -0.2) is 0 Å². The molecule has 0 atom stereocenters. The van der Waals surface area contributed by atoms with Crippen LogP contribution in [0.1, 0.15) is 110 Å². The number of phenols is 1. The first kappa shape index (κ1) is 16.5. The molecule has 1 aromatic rings. The van der Waals surface area contributed by atoms with Crippen molar-refractivity contribution in [1.29, 1.82) is 0 Å². The molecule has 0 unspecified atom stereocenters. The maximum Gasteiger partial charge on any atom is 0.153 e. The number of aromatic hydroxyl groups is 1. The fourth-order valence-electron chi connectivity index (χ4n) is 4.54. The highest BCUT2D eigenvalue weighted by atomic mass is 16.3. The van der Waals surface area contributed by atoms with Gasteiger partial charge < -0.3 is 5.11 Å². The standard InChI is InChI=1S/C21H30O2/c22-15-19-13-18(16-9-7-4-8-10-16)14-20(21(19)23)17-11-5-2-1-3-6-12-17/h13-17,23H,1-12H2. The first-order valence-corrected chi connectivity index (χ1v) is 9.61. The summed E-state index contributed by atoms with van der Waals surface area (Å²) in [4.78, 5) is 11.5. The molecular formula is C21H30O2. The molecule has 2 aliphatic carbocycles. The van der Waals surface area contributed by atoms with Crippen molar-refractivity contribution in [2.24, 2.45) is 0 Å². The highest BCUT2D eigenvalue weighted by Gasteiger charge is 2.23. The first-order chi connectivity index (χ1) is 11.3. The van der Waals surface area contributed by atoms with Gasteiger partial charge in [0, 0.05) is 0 Å². The third-order valence-corrected chi connectivity index (χ3v) is 5.94. The lowest BCUT2D eigenvalue weighted by Crippen LogP contribution is -2.09. The Balaban J connectivity index is 1.91. The SMILES string of the molecule is O=Cc1cc(C2CCCCC2)cc(C2CCCCCCC2)c1O. The van der Waals surface area contributed by atoms with Gasteiger partial charge in [-0.05, 0) is 54.7 Å². The summed E-state index contributed by atoms with van der Waals surface area (Å²) in [5.74, 6) is 1.26. The van der Waals surface area contributed by atoms with E-state index in [1.165, 1.54) is 69.8 Å². The minimum Gasteiger partial charge on any atom is -0.507 e. The molecule has 0 aromatic heterocycles. The molecular weight excluding hydrogens is 284 g/mol. The monoisotopic (exact) mass is 314 g/mol. The molecule has 2 nitrogen and oxygen atoms in total. The van der Waals surface area contributed by atoms with Crippen LogP contribution in [0.3, 0.4) is 0 Å². The van der Waals surface area contributed by atoms with Crippen molar-refractivity contribution in [3.8, 4) is 5.75 Å². The summed E-state index contributed by atoms with van der Waals surface area (Å²) in [7, 11) is 0. The van der Waals surface area contributed by atoms with Crippen molar-refractivity contribution in [3.05, 3.63) is 28.8 Å². The Labute approximate surface area is 140 Å². The highest BCUT2D eigenvalue weighted by Crippen LogP contribution is 2.41. The summed E-state index contributed by atoms with van der Waals surface area (Å²) in [6.45, 7) is 0. The van der Waals surface area contributed by atoms with Crippen molar-refractivity contribution < 1.29 is 9.90 Å². The Morgan fingerprint density at radius 1 is 0.783 bits per heavy atom. The Hall–Kier alpha value is -1.31. The number of carbonyl (C=O) groups excluding carboxylic acids is 1. The van der Waals surface area contributed by atoms with Gasteiger partial charge in [0.1, 0.15) is 5.75 Å². The normalized spacial score (nSPS) is 21.6. The second-order valence-corrected chi connectivity index (χ2v) is 7.54. The molecule has 0 amide bonds. The lowest BCUT2D eigenvalue weighted by Gasteiger charge is -2.26. The zero-order chi connectivity index (χ0) is 16.1. The van der Waals surface area contributed by atoms with Gasteiger partial charge >= 0.3 is 0 Å². The number of hydrogen-bond acceptors (Lipinski definition) is 2. The van der Waals surface area contributed by atoms with E-state index in [0.717, 1.165) is 24.7 Å². The van der Waals surface area contributed by atoms with Crippen LogP contribution in [-0.4, -0.2) is 11.4 Å². The summed E-state index contributed by atoms with van der Waals surface area (Å²) in [5.41, 5.74) is 2.85. The molecule has 126 valence electrons. The Bertz CT molecular complexity index is 521. The lowest BCUT2D eigenvalue weighted by molar-refractivity contribution is 0.112. The van der Waals surface area contributed by atoms with Crippen LogP contribution in [0, 0.1) is 0 Å². The van der Waals surface area contributed by atoms with Crippen LogP contribution in [0.2, 0.25) is 0 Å². The second kappa shape index (κ2) is 7.99. The number of phenolic OH excluding ortho intramolecular Hbond substituents is 1. The van der Waals surface area contributed by atoms with E-state index in [1.807, 2.05) is 6.07 Å². The molecule has 0 spiro atoms. The van der Waals surface area contributed by atoms with Gasteiger partial charge in [0.05, 0.1) is 5.56 Å². The smallest absolute Gasteiger partial charge is 0.153 e. The predicted molar refractivity (Wildman–Crippen MR) is 94.4 cm³/mol. The average molecular weight is 314 g/mol. The number of rotatable bonds is 3. The second-order valence-electron chi connectivity index (χ2n) is 7.54. The van der Waals surface area contributed by atoms with Gasteiger partial charge in [0.25, 0.3) is 0 Å². The molecule has 23 heavy (non-hydrogen) atoms. The minimum absolute atomic E-state index is 0.255. The molecule has 0 saturated heterocycles. The molecule has 1 aromatic carbocycles. The van der Waals surface area contributed by atoms with Crippen molar-refractivity contribution in [2.75, 3.05) is 0 Å². The average Bonchev–Trinajstić information content (AvgIpc) is 2.56. The third kappa shape index (κ3) is 3.97. The van der Waals surface area contributed by atoms with Crippen LogP contribution in [0.15, 0.2) is 12.1 Å². The van der Waals surface area contributed by atoms with Gasteiger partial charge in [-0.1, -0.05) is 57.4 Å². The zero-order valence-corrected chi connectivity index (χ0v) is 14.2. The summed E-state index contributed by atoms with van der Waals surface area (Å²) in [5, 5.41) is 10.6.